The second-order valence-corrected chi connectivity index (χ2v) is 18.4. The van der Waals surface area contributed by atoms with E-state index in [0.717, 1.165) is 18.4 Å². The van der Waals surface area contributed by atoms with Crippen molar-refractivity contribution in [3.63, 3.8) is 0 Å². The Bertz CT molecular complexity index is 1620. The Hall–Kier alpha value is -3.55. The van der Waals surface area contributed by atoms with Crippen LogP contribution in [0.1, 0.15) is 105 Å². The Kier molecular flexibility index (Phi) is 14.9. The van der Waals surface area contributed by atoms with E-state index in [1.807, 2.05) is 103 Å². The third-order valence-corrected chi connectivity index (χ3v) is 13.2. The maximum atomic E-state index is 14.2. The Labute approximate surface area is 317 Å². The molecule has 9 heteroatoms. The molecule has 3 aromatic rings. The first kappa shape index (κ1) is 42.2. The van der Waals surface area contributed by atoms with Crippen molar-refractivity contribution in [3.05, 3.63) is 109 Å². The number of hydrogen-bond acceptors (Lipinski definition) is 8. The number of carbonyl (C=O) groups is 2. The van der Waals surface area contributed by atoms with Crippen LogP contribution in [0.15, 0.2) is 103 Å². The highest BCUT2D eigenvalue weighted by molar-refractivity contribution is 7.74. The Balaban J connectivity index is 1.31. The van der Waals surface area contributed by atoms with E-state index in [1.54, 1.807) is 24.3 Å². The molecule has 1 aliphatic heterocycles. The number of esters is 2. The third-order valence-electron chi connectivity index (χ3n) is 10.7. The lowest BCUT2D eigenvalue weighted by atomic mass is 9.75. The van der Waals surface area contributed by atoms with Gasteiger partial charge < -0.3 is 19.2 Å². The molecule has 288 valence electrons. The minimum absolute atomic E-state index is 0.00130. The number of carbonyl (C=O) groups excluding carboxylic acids is 2. The lowest BCUT2D eigenvalue weighted by Crippen LogP contribution is -2.60. The largest absolute Gasteiger partial charge is 0.463 e. The van der Waals surface area contributed by atoms with Gasteiger partial charge in [0.25, 0.3) is 7.37 Å². The van der Waals surface area contributed by atoms with E-state index in [4.69, 9.17) is 14.0 Å². The summed E-state index contributed by atoms with van der Waals surface area (Å²) in [6.45, 7) is 13.7. The van der Waals surface area contributed by atoms with Crippen molar-refractivity contribution in [1.82, 2.24) is 5.06 Å². The molecule has 1 fully saturated rings. The van der Waals surface area contributed by atoms with E-state index in [1.165, 1.54) is 5.06 Å². The fourth-order valence-electron chi connectivity index (χ4n) is 7.38. The van der Waals surface area contributed by atoms with Crippen molar-refractivity contribution in [2.24, 2.45) is 11.3 Å². The highest BCUT2D eigenvalue weighted by Gasteiger charge is 2.46. The van der Waals surface area contributed by atoms with Gasteiger partial charge in [0, 0.05) is 34.5 Å². The van der Waals surface area contributed by atoms with E-state index in [2.05, 4.69) is 24.3 Å². The van der Waals surface area contributed by atoms with Crippen molar-refractivity contribution >= 4 is 29.9 Å². The summed E-state index contributed by atoms with van der Waals surface area (Å²) in [5, 5.41) is 13.2. The Morgan fingerprint density at radius 3 is 1.94 bits per heavy atom. The molecule has 1 saturated heterocycles. The SMILES string of the molecule is CCC(C)(CC(C/C=C/CCC(C)C(=O)OC1CC(C)(C)N(O)C(C)(C)C1)c1ccccc1)C(=O)OCCOP(=O)(c1ccccc1)c1ccccc1. The molecule has 0 bridgehead atoms. The topological polar surface area (TPSA) is 102 Å². The standard InChI is InChI=1S/C44H60NO7P/c1-8-44(7,41(47)50-29-30-51-53(49,38-25-17-11-18-26-38)39-27-19-12-20-28-39)31-36(35-22-14-10-15-23-35)24-16-9-13-21-34(2)40(46)52-37-32-42(3,4)45(48)43(5,6)33-37/h9-12,14-20,22-23,25-28,34,36-37,48H,8,13,21,24,29-33H2,1-7H3/b16-9+. The molecule has 4 rings (SSSR count). The summed E-state index contributed by atoms with van der Waals surface area (Å²) in [5.74, 6) is -0.677. The van der Waals surface area contributed by atoms with Gasteiger partial charge in [0.05, 0.1) is 17.9 Å². The number of hydroxylamine groups is 2. The molecule has 1 N–H and O–H groups in total. The number of ether oxygens (including phenoxy) is 2. The molecular formula is C44H60NO7P. The van der Waals surface area contributed by atoms with E-state index >= 15 is 0 Å². The quantitative estimate of drug-likeness (QED) is 0.0595. The summed E-state index contributed by atoms with van der Waals surface area (Å²) in [4.78, 5) is 26.7. The molecule has 1 aliphatic rings. The molecule has 0 aliphatic carbocycles. The van der Waals surface area contributed by atoms with Gasteiger partial charge in [-0.2, -0.15) is 5.06 Å². The van der Waals surface area contributed by atoms with Gasteiger partial charge in [-0.1, -0.05) is 92.7 Å². The second kappa shape index (κ2) is 18.7. The zero-order chi connectivity index (χ0) is 38.7. The number of hydrogen-bond donors (Lipinski definition) is 1. The van der Waals surface area contributed by atoms with Crippen LogP contribution in [0.2, 0.25) is 0 Å². The van der Waals surface area contributed by atoms with Gasteiger partial charge in [-0.15, -0.1) is 0 Å². The van der Waals surface area contributed by atoms with Crippen LogP contribution in [0, 0.1) is 11.3 Å². The van der Waals surface area contributed by atoms with Crippen LogP contribution >= 0.6 is 7.37 Å². The van der Waals surface area contributed by atoms with Crippen molar-refractivity contribution in [1.29, 1.82) is 0 Å². The molecular weight excluding hydrogens is 685 g/mol. The van der Waals surface area contributed by atoms with Crippen LogP contribution in [0.25, 0.3) is 0 Å². The zero-order valence-corrected chi connectivity index (χ0v) is 33.6. The van der Waals surface area contributed by atoms with Gasteiger partial charge >= 0.3 is 11.9 Å². The van der Waals surface area contributed by atoms with Gasteiger partial charge in [-0.25, -0.2) is 0 Å². The molecule has 3 aromatic carbocycles. The van der Waals surface area contributed by atoms with Crippen LogP contribution in [0.4, 0.5) is 0 Å². The van der Waals surface area contributed by atoms with E-state index in [-0.39, 0.29) is 43.1 Å². The second-order valence-electron chi connectivity index (χ2n) is 16.0. The number of nitrogens with zero attached hydrogens (tertiary/aromatic N) is 1. The van der Waals surface area contributed by atoms with Crippen LogP contribution < -0.4 is 10.6 Å². The monoisotopic (exact) mass is 745 g/mol. The van der Waals surface area contributed by atoms with Gasteiger partial charge in [-0.3, -0.25) is 14.2 Å². The molecule has 53 heavy (non-hydrogen) atoms. The summed E-state index contributed by atoms with van der Waals surface area (Å²) in [6.07, 6.45) is 8.50. The maximum Gasteiger partial charge on any atom is 0.311 e. The fraction of sp³-hybridized carbons (Fsp3) is 0.500. The van der Waals surface area contributed by atoms with Gasteiger partial charge in [0.2, 0.25) is 0 Å². The molecule has 1 heterocycles. The highest BCUT2D eigenvalue weighted by Crippen LogP contribution is 2.45. The Morgan fingerprint density at radius 2 is 1.42 bits per heavy atom. The van der Waals surface area contributed by atoms with Crippen LogP contribution in [-0.4, -0.2) is 52.6 Å². The first-order valence-electron chi connectivity index (χ1n) is 19.0. The van der Waals surface area contributed by atoms with Crippen LogP contribution in [-0.2, 0) is 28.2 Å². The first-order valence-corrected chi connectivity index (χ1v) is 20.7. The summed E-state index contributed by atoms with van der Waals surface area (Å²) in [6, 6.07) is 28.5. The number of rotatable bonds is 18. The molecule has 0 spiro atoms. The lowest BCUT2D eigenvalue weighted by molar-refractivity contribution is -0.259. The zero-order valence-electron chi connectivity index (χ0n) is 32.7. The van der Waals surface area contributed by atoms with Crippen molar-refractivity contribution in [3.8, 4) is 0 Å². The molecule has 0 radical (unpaired) electrons. The van der Waals surface area contributed by atoms with E-state index in [0.29, 0.717) is 42.7 Å². The summed E-state index contributed by atoms with van der Waals surface area (Å²) >= 11 is 0. The molecule has 0 aromatic heterocycles. The van der Waals surface area contributed by atoms with Crippen LogP contribution in [0.3, 0.4) is 0 Å². The average molecular weight is 746 g/mol. The maximum absolute atomic E-state index is 14.2. The number of allylic oxidation sites excluding steroid dienone is 2. The summed E-state index contributed by atoms with van der Waals surface area (Å²) < 4.78 is 32.0. The van der Waals surface area contributed by atoms with Crippen molar-refractivity contribution in [2.75, 3.05) is 13.2 Å². The number of benzene rings is 3. The van der Waals surface area contributed by atoms with Crippen LogP contribution in [0.5, 0.6) is 0 Å². The molecule has 8 nitrogen and oxygen atoms in total. The van der Waals surface area contributed by atoms with Gasteiger partial charge in [-0.05, 0) is 102 Å². The van der Waals surface area contributed by atoms with Crippen molar-refractivity contribution < 1.29 is 33.4 Å². The minimum Gasteiger partial charge on any atom is -0.463 e. The normalized spacial score (nSPS) is 18.6. The molecule has 0 saturated carbocycles. The summed E-state index contributed by atoms with van der Waals surface area (Å²) in [5.41, 5.74) is -0.561. The fourth-order valence-corrected chi connectivity index (χ4v) is 9.44. The number of piperidine rings is 1. The molecule has 0 amide bonds. The average Bonchev–Trinajstić information content (AvgIpc) is 3.15. The first-order chi connectivity index (χ1) is 25.1. The lowest BCUT2D eigenvalue weighted by Gasteiger charge is -2.51. The highest BCUT2D eigenvalue weighted by atomic mass is 31.2. The Morgan fingerprint density at radius 1 is 0.887 bits per heavy atom. The summed E-state index contributed by atoms with van der Waals surface area (Å²) in [7, 11) is -3.38. The smallest absolute Gasteiger partial charge is 0.311 e. The predicted octanol–water partition coefficient (Wildman–Crippen LogP) is 9.38. The predicted molar refractivity (Wildman–Crippen MR) is 212 cm³/mol. The van der Waals surface area contributed by atoms with E-state index in [9.17, 15) is 19.4 Å². The van der Waals surface area contributed by atoms with E-state index < -0.39 is 23.9 Å². The van der Waals surface area contributed by atoms with Crippen molar-refractivity contribution in [2.45, 2.75) is 117 Å². The van der Waals surface area contributed by atoms with Gasteiger partial charge in [0.15, 0.2) is 0 Å². The molecule has 3 unspecified atom stereocenters. The minimum atomic E-state index is -3.38. The van der Waals surface area contributed by atoms with Gasteiger partial charge in [0.1, 0.15) is 12.7 Å². The third kappa shape index (κ3) is 11.2. The molecule has 3 atom stereocenters.